The summed E-state index contributed by atoms with van der Waals surface area (Å²) in [5.41, 5.74) is 0. The summed E-state index contributed by atoms with van der Waals surface area (Å²) in [6.07, 6.45) is 1.76. The number of carbonyl (C=O) groups excluding carboxylic acids is 1. The van der Waals surface area contributed by atoms with Gasteiger partial charge < -0.3 is 10.1 Å². The first-order chi connectivity index (χ1) is 6.26. The summed E-state index contributed by atoms with van der Waals surface area (Å²) in [5, 5.41) is 2.60. The van der Waals surface area contributed by atoms with Crippen LogP contribution in [-0.2, 0) is 4.79 Å². The molecular formula is C8H11N3O2. The van der Waals surface area contributed by atoms with Crippen molar-refractivity contribution >= 4 is 11.7 Å². The maximum absolute atomic E-state index is 11.0. The van der Waals surface area contributed by atoms with Gasteiger partial charge in [0.2, 0.25) is 11.8 Å². The summed E-state index contributed by atoms with van der Waals surface area (Å²) in [6.45, 7) is 1.77. The molecule has 0 saturated heterocycles. The fourth-order valence-electron chi connectivity index (χ4n) is 0.751. The van der Waals surface area contributed by atoms with Crippen LogP contribution in [0.2, 0.25) is 0 Å². The first-order valence-electron chi connectivity index (χ1n) is 3.92. The number of hydrogen-bond acceptors (Lipinski definition) is 4. The number of rotatable bonds is 3. The molecule has 0 bridgehead atoms. The van der Waals surface area contributed by atoms with E-state index in [9.17, 15) is 4.79 Å². The Morgan fingerprint density at radius 2 is 2.38 bits per heavy atom. The standard InChI is InChI=1S/C8H11N3O2/c1-3-7(12)11-6-4-8(13-2)10-5-9-6/h4-5H,3H2,1-2H3,(H,9,10,11,12). The Labute approximate surface area is 76.2 Å². The number of ether oxygens (including phenoxy) is 1. The predicted molar refractivity (Wildman–Crippen MR) is 47.5 cm³/mol. The van der Waals surface area contributed by atoms with Gasteiger partial charge in [-0.3, -0.25) is 4.79 Å². The summed E-state index contributed by atoms with van der Waals surface area (Å²) in [6, 6.07) is 1.56. The molecule has 1 aromatic heterocycles. The van der Waals surface area contributed by atoms with Crippen LogP contribution >= 0.6 is 0 Å². The average molecular weight is 181 g/mol. The molecule has 0 atom stereocenters. The van der Waals surface area contributed by atoms with Gasteiger partial charge in [0.05, 0.1) is 7.11 Å². The third-order valence-electron chi connectivity index (χ3n) is 1.44. The predicted octanol–water partition coefficient (Wildman–Crippen LogP) is 0.834. The summed E-state index contributed by atoms with van der Waals surface area (Å²) in [4.78, 5) is 18.6. The minimum absolute atomic E-state index is 0.0826. The fourth-order valence-corrected chi connectivity index (χ4v) is 0.751. The lowest BCUT2D eigenvalue weighted by Gasteiger charge is -2.02. The Morgan fingerprint density at radius 3 is 3.00 bits per heavy atom. The molecule has 13 heavy (non-hydrogen) atoms. The molecule has 0 aliphatic rings. The normalized spacial score (nSPS) is 9.38. The molecule has 0 aliphatic carbocycles. The van der Waals surface area contributed by atoms with E-state index in [1.807, 2.05) is 0 Å². The van der Waals surface area contributed by atoms with Crippen molar-refractivity contribution in [3.05, 3.63) is 12.4 Å². The highest BCUT2D eigenvalue weighted by atomic mass is 16.5. The summed E-state index contributed by atoms with van der Waals surface area (Å²) < 4.78 is 4.87. The van der Waals surface area contributed by atoms with Crippen LogP contribution in [0.15, 0.2) is 12.4 Å². The third kappa shape index (κ3) is 2.70. The monoisotopic (exact) mass is 181 g/mol. The molecule has 0 fully saturated rings. The fraction of sp³-hybridized carbons (Fsp3) is 0.375. The molecule has 1 heterocycles. The molecule has 1 rings (SSSR count). The number of nitrogens with one attached hydrogen (secondary N) is 1. The Hall–Kier alpha value is -1.65. The zero-order valence-corrected chi connectivity index (χ0v) is 7.57. The molecule has 5 heteroatoms. The largest absolute Gasteiger partial charge is 0.481 e. The van der Waals surface area contributed by atoms with Crippen LogP contribution in [0.4, 0.5) is 5.82 Å². The highest BCUT2D eigenvalue weighted by molar-refractivity contribution is 5.89. The quantitative estimate of drug-likeness (QED) is 0.750. The number of hydrogen-bond donors (Lipinski definition) is 1. The van der Waals surface area contributed by atoms with E-state index in [2.05, 4.69) is 15.3 Å². The SMILES string of the molecule is CCC(=O)Nc1cc(OC)ncn1. The van der Waals surface area contributed by atoms with Crippen LogP contribution < -0.4 is 10.1 Å². The third-order valence-corrected chi connectivity index (χ3v) is 1.44. The van der Waals surface area contributed by atoms with E-state index >= 15 is 0 Å². The van der Waals surface area contributed by atoms with E-state index < -0.39 is 0 Å². The molecule has 0 aliphatic heterocycles. The number of nitrogens with zero attached hydrogens (tertiary/aromatic N) is 2. The average Bonchev–Trinajstić information content (AvgIpc) is 2.18. The van der Waals surface area contributed by atoms with Gasteiger partial charge in [0.25, 0.3) is 0 Å². The number of carbonyl (C=O) groups is 1. The Bertz CT molecular complexity index is 301. The Balaban J connectivity index is 2.71. The zero-order valence-electron chi connectivity index (χ0n) is 7.57. The van der Waals surface area contributed by atoms with Crippen molar-refractivity contribution in [3.63, 3.8) is 0 Å². The van der Waals surface area contributed by atoms with Crippen LogP contribution in [0.1, 0.15) is 13.3 Å². The van der Waals surface area contributed by atoms with Gasteiger partial charge in [0.15, 0.2) is 0 Å². The van der Waals surface area contributed by atoms with Gasteiger partial charge >= 0.3 is 0 Å². The molecule has 0 spiro atoms. The van der Waals surface area contributed by atoms with Crippen molar-refractivity contribution in [2.75, 3.05) is 12.4 Å². The lowest BCUT2D eigenvalue weighted by molar-refractivity contribution is -0.115. The molecule has 1 amide bonds. The second-order valence-electron chi connectivity index (χ2n) is 2.35. The van der Waals surface area contributed by atoms with Gasteiger partial charge in [-0.15, -0.1) is 0 Å². The van der Waals surface area contributed by atoms with Gasteiger partial charge in [-0.1, -0.05) is 6.92 Å². The van der Waals surface area contributed by atoms with Crippen LogP contribution in [0.25, 0.3) is 0 Å². The van der Waals surface area contributed by atoms with Crippen molar-refractivity contribution in [2.45, 2.75) is 13.3 Å². The van der Waals surface area contributed by atoms with E-state index in [1.54, 1.807) is 13.0 Å². The van der Waals surface area contributed by atoms with Crippen molar-refractivity contribution in [2.24, 2.45) is 0 Å². The molecule has 0 saturated carbocycles. The Kier molecular flexibility index (Phi) is 3.19. The molecular weight excluding hydrogens is 170 g/mol. The van der Waals surface area contributed by atoms with Crippen molar-refractivity contribution in [1.29, 1.82) is 0 Å². The van der Waals surface area contributed by atoms with E-state index in [0.29, 0.717) is 18.1 Å². The molecule has 1 aromatic rings. The van der Waals surface area contributed by atoms with Crippen molar-refractivity contribution in [1.82, 2.24) is 9.97 Å². The summed E-state index contributed by atoms with van der Waals surface area (Å²) >= 11 is 0. The molecule has 70 valence electrons. The number of methoxy groups -OCH3 is 1. The van der Waals surface area contributed by atoms with Gasteiger partial charge in [0, 0.05) is 12.5 Å². The molecule has 0 unspecified atom stereocenters. The summed E-state index contributed by atoms with van der Waals surface area (Å²) in [7, 11) is 1.51. The molecule has 0 aromatic carbocycles. The number of amides is 1. The lowest BCUT2D eigenvalue weighted by Crippen LogP contribution is -2.10. The molecule has 1 N–H and O–H groups in total. The van der Waals surface area contributed by atoms with Crippen LogP contribution in [0.3, 0.4) is 0 Å². The van der Waals surface area contributed by atoms with Crippen molar-refractivity contribution < 1.29 is 9.53 Å². The van der Waals surface area contributed by atoms with E-state index in [-0.39, 0.29) is 5.91 Å². The highest BCUT2D eigenvalue weighted by Crippen LogP contribution is 2.09. The van der Waals surface area contributed by atoms with Gasteiger partial charge in [-0.25, -0.2) is 9.97 Å². The smallest absolute Gasteiger partial charge is 0.225 e. The second kappa shape index (κ2) is 4.39. The maximum Gasteiger partial charge on any atom is 0.225 e. The van der Waals surface area contributed by atoms with E-state index in [0.717, 1.165) is 0 Å². The minimum atomic E-state index is -0.0826. The first-order valence-corrected chi connectivity index (χ1v) is 3.92. The number of anilines is 1. The molecule has 5 nitrogen and oxygen atoms in total. The van der Waals surface area contributed by atoms with Gasteiger partial charge in [-0.05, 0) is 0 Å². The minimum Gasteiger partial charge on any atom is -0.481 e. The molecule has 0 radical (unpaired) electrons. The Morgan fingerprint density at radius 1 is 1.62 bits per heavy atom. The van der Waals surface area contributed by atoms with Crippen LogP contribution in [0.5, 0.6) is 5.88 Å². The van der Waals surface area contributed by atoms with Crippen molar-refractivity contribution in [3.8, 4) is 5.88 Å². The topological polar surface area (TPSA) is 64.1 Å². The van der Waals surface area contributed by atoms with Gasteiger partial charge in [0.1, 0.15) is 12.1 Å². The van der Waals surface area contributed by atoms with E-state index in [1.165, 1.54) is 13.4 Å². The first kappa shape index (κ1) is 9.44. The summed E-state index contributed by atoms with van der Waals surface area (Å²) in [5.74, 6) is 0.806. The lowest BCUT2D eigenvalue weighted by atomic mass is 10.4. The zero-order chi connectivity index (χ0) is 9.68. The second-order valence-corrected chi connectivity index (χ2v) is 2.35. The van der Waals surface area contributed by atoms with Gasteiger partial charge in [-0.2, -0.15) is 0 Å². The highest BCUT2D eigenvalue weighted by Gasteiger charge is 2.01. The maximum atomic E-state index is 11.0. The van der Waals surface area contributed by atoms with Crippen LogP contribution in [0, 0.1) is 0 Å². The van der Waals surface area contributed by atoms with E-state index in [4.69, 9.17) is 4.74 Å². The number of aromatic nitrogens is 2. The van der Waals surface area contributed by atoms with Crippen LogP contribution in [-0.4, -0.2) is 23.0 Å².